The van der Waals surface area contributed by atoms with Crippen LogP contribution in [-0.2, 0) is 27.3 Å². The summed E-state index contributed by atoms with van der Waals surface area (Å²) in [6, 6.07) is 8.16. The third kappa shape index (κ3) is 4.64. The molecule has 0 aliphatic carbocycles. The third-order valence-corrected chi connectivity index (χ3v) is 5.62. The first-order chi connectivity index (χ1) is 13.5. The van der Waals surface area contributed by atoms with E-state index < -0.39 is 0 Å². The molecule has 28 heavy (non-hydrogen) atoms. The maximum atomic E-state index is 12.9. The summed E-state index contributed by atoms with van der Waals surface area (Å²) in [5.41, 5.74) is 2.47. The van der Waals surface area contributed by atoms with Crippen LogP contribution in [0.3, 0.4) is 0 Å². The van der Waals surface area contributed by atoms with Crippen molar-refractivity contribution in [3.8, 4) is 0 Å². The van der Waals surface area contributed by atoms with Crippen molar-refractivity contribution < 1.29 is 19.1 Å². The molecule has 1 aromatic rings. The van der Waals surface area contributed by atoms with E-state index in [9.17, 15) is 14.4 Å². The van der Waals surface area contributed by atoms with Crippen molar-refractivity contribution >= 4 is 17.9 Å². The predicted molar refractivity (Wildman–Crippen MR) is 105 cm³/mol. The van der Waals surface area contributed by atoms with Crippen molar-refractivity contribution in [3.05, 3.63) is 35.4 Å². The van der Waals surface area contributed by atoms with Crippen molar-refractivity contribution in [2.24, 2.45) is 0 Å². The molecule has 0 saturated carbocycles. The molecular weight excluding hydrogens is 358 g/mol. The number of fused-ring (bicyclic) bond motifs is 1. The highest BCUT2D eigenvalue weighted by molar-refractivity contribution is 5.84. The van der Waals surface area contributed by atoms with Gasteiger partial charge in [0.25, 0.3) is 0 Å². The molecule has 2 aliphatic rings. The second kappa shape index (κ2) is 9.08. The van der Waals surface area contributed by atoms with Crippen molar-refractivity contribution in [3.63, 3.8) is 0 Å². The minimum absolute atomic E-state index is 0.0162. The molecule has 0 unspecified atom stereocenters. The van der Waals surface area contributed by atoms with Gasteiger partial charge < -0.3 is 19.4 Å². The van der Waals surface area contributed by atoms with Crippen LogP contribution in [0, 0.1) is 0 Å². The average Bonchev–Trinajstić information content (AvgIpc) is 2.71. The van der Waals surface area contributed by atoms with Gasteiger partial charge in [0.15, 0.2) is 0 Å². The Morgan fingerprint density at radius 3 is 2.39 bits per heavy atom. The number of nitrogens with zero attached hydrogens (tertiary/aromatic N) is 3. The quantitative estimate of drug-likeness (QED) is 0.793. The van der Waals surface area contributed by atoms with Gasteiger partial charge in [0.1, 0.15) is 6.54 Å². The summed E-state index contributed by atoms with van der Waals surface area (Å²) in [6.45, 7) is 6.11. The fourth-order valence-corrected chi connectivity index (χ4v) is 4.03. The fourth-order valence-electron chi connectivity index (χ4n) is 4.03. The first kappa shape index (κ1) is 20.2. The molecule has 0 radical (unpaired) electrons. The summed E-state index contributed by atoms with van der Waals surface area (Å²) in [5, 5.41) is 0. The molecule has 1 saturated heterocycles. The molecule has 0 spiro atoms. The molecule has 0 N–H and O–H groups in total. The van der Waals surface area contributed by atoms with Crippen LogP contribution >= 0.6 is 0 Å². The van der Waals surface area contributed by atoms with E-state index in [0.29, 0.717) is 45.6 Å². The molecule has 2 heterocycles. The molecule has 0 atom stereocenters. The van der Waals surface area contributed by atoms with Crippen molar-refractivity contribution in [2.45, 2.75) is 45.7 Å². The van der Waals surface area contributed by atoms with E-state index >= 15 is 0 Å². The molecule has 3 rings (SSSR count). The first-order valence-corrected chi connectivity index (χ1v) is 10.0. The lowest BCUT2D eigenvalue weighted by molar-refractivity contribution is -0.142. The van der Waals surface area contributed by atoms with E-state index in [1.165, 1.54) is 18.1 Å². The number of carbonyl (C=O) groups excluding carboxylic acids is 3. The summed E-state index contributed by atoms with van der Waals surface area (Å²) >= 11 is 0. The number of benzene rings is 1. The van der Waals surface area contributed by atoms with Gasteiger partial charge in [-0.05, 0) is 37.3 Å². The Morgan fingerprint density at radius 1 is 1.07 bits per heavy atom. The van der Waals surface area contributed by atoms with Gasteiger partial charge in [0.05, 0.1) is 6.61 Å². The largest absolute Gasteiger partial charge is 0.450 e. The molecule has 0 aromatic heterocycles. The molecule has 7 nitrogen and oxygen atoms in total. The van der Waals surface area contributed by atoms with Crippen LogP contribution < -0.4 is 0 Å². The number of amides is 3. The van der Waals surface area contributed by atoms with Crippen molar-refractivity contribution in [2.75, 3.05) is 32.8 Å². The van der Waals surface area contributed by atoms with Crippen LogP contribution in [0.1, 0.15) is 37.8 Å². The number of likely N-dealkylation sites (tertiary alicyclic amines) is 1. The Kier molecular flexibility index (Phi) is 6.54. The summed E-state index contributed by atoms with van der Waals surface area (Å²) in [7, 11) is 0. The minimum atomic E-state index is -0.307. The van der Waals surface area contributed by atoms with Crippen LogP contribution in [0.2, 0.25) is 0 Å². The summed E-state index contributed by atoms with van der Waals surface area (Å²) in [6.07, 6.45) is 1.86. The zero-order valence-corrected chi connectivity index (χ0v) is 16.7. The number of ether oxygens (including phenoxy) is 1. The first-order valence-electron chi connectivity index (χ1n) is 10.0. The van der Waals surface area contributed by atoms with Gasteiger partial charge in [0.2, 0.25) is 11.8 Å². The molecule has 7 heteroatoms. The SMILES string of the molecule is CCOC(=O)N1CCC(N(CC(=O)N2CCc3ccccc3C2)C(C)=O)CC1. The van der Waals surface area contributed by atoms with Gasteiger partial charge >= 0.3 is 6.09 Å². The maximum absolute atomic E-state index is 12.9. The Hall–Kier alpha value is -2.57. The molecule has 1 aromatic carbocycles. The highest BCUT2D eigenvalue weighted by Gasteiger charge is 2.31. The fraction of sp³-hybridized carbons (Fsp3) is 0.571. The highest BCUT2D eigenvalue weighted by Crippen LogP contribution is 2.21. The second-order valence-electron chi connectivity index (χ2n) is 7.40. The standard InChI is InChI=1S/C21H29N3O4/c1-3-28-21(27)22-12-9-19(10-13-22)24(16(2)25)15-20(26)23-11-8-17-6-4-5-7-18(17)14-23/h4-7,19H,3,8-15H2,1-2H3. The molecule has 152 valence electrons. The molecule has 3 amide bonds. The summed E-state index contributed by atoms with van der Waals surface area (Å²) < 4.78 is 5.04. The molecule has 0 bridgehead atoms. The third-order valence-electron chi connectivity index (χ3n) is 5.62. The number of hydrogen-bond donors (Lipinski definition) is 0. The number of piperidine rings is 1. The lowest BCUT2D eigenvalue weighted by Gasteiger charge is -2.38. The van der Waals surface area contributed by atoms with Crippen LogP contribution in [-0.4, -0.2) is 71.4 Å². The number of hydrogen-bond acceptors (Lipinski definition) is 4. The van der Waals surface area contributed by atoms with Crippen LogP contribution in [0.15, 0.2) is 24.3 Å². The molecular formula is C21H29N3O4. The normalized spacial score (nSPS) is 17.1. The molecule has 1 fully saturated rings. The van der Waals surface area contributed by atoms with E-state index in [0.717, 1.165) is 6.42 Å². The number of carbonyl (C=O) groups is 3. The lowest BCUT2D eigenvalue weighted by atomic mass is 9.99. The van der Waals surface area contributed by atoms with E-state index in [-0.39, 0.29) is 30.5 Å². The monoisotopic (exact) mass is 387 g/mol. The smallest absolute Gasteiger partial charge is 0.409 e. The van der Waals surface area contributed by atoms with Crippen molar-refractivity contribution in [1.29, 1.82) is 0 Å². The Bertz CT molecular complexity index is 728. The Balaban J connectivity index is 1.57. The Morgan fingerprint density at radius 2 is 1.75 bits per heavy atom. The van der Waals surface area contributed by atoms with E-state index in [4.69, 9.17) is 4.74 Å². The van der Waals surface area contributed by atoms with Crippen LogP contribution in [0.5, 0.6) is 0 Å². The van der Waals surface area contributed by atoms with Gasteiger partial charge in [-0.25, -0.2) is 4.79 Å². The topological polar surface area (TPSA) is 70.2 Å². The van der Waals surface area contributed by atoms with Crippen LogP contribution in [0.25, 0.3) is 0 Å². The second-order valence-corrected chi connectivity index (χ2v) is 7.40. The lowest BCUT2D eigenvalue weighted by Crippen LogP contribution is -2.52. The average molecular weight is 387 g/mol. The van der Waals surface area contributed by atoms with Crippen LogP contribution in [0.4, 0.5) is 4.79 Å². The van der Waals surface area contributed by atoms with E-state index in [1.807, 2.05) is 17.0 Å². The minimum Gasteiger partial charge on any atom is -0.450 e. The zero-order chi connectivity index (χ0) is 20.1. The predicted octanol–water partition coefficient (Wildman–Crippen LogP) is 2.04. The summed E-state index contributed by atoms with van der Waals surface area (Å²) in [4.78, 5) is 42.1. The molecule has 2 aliphatic heterocycles. The van der Waals surface area contributed by atoms with E-state index in [1.54, 1.807) is 16.7 Å². The van der Waals surface area contributed by atoms with Gasteiger partial charge in [-0.1, -0.05) is 24.3 Å². The van der Waals surface area contributed by atoms with E-state index in [2.05, 4.69) is 12.1 Å². The van der Waals surface area contributed by atoms with Gasteiger partial charge in [0, 0.05) is 39.1 Å². The van der Waals surface area contributed by atoms with Gasteiger partial charge in [-0.3, -0.25) is 9.59 Å². The summed E-state index contributed by atoms with van der Waals surface area (Å²) in [5.74, 6) is -0.113. The van der Waals surface area contributed by atoms with Gasteiger partial charge in [-0.2, -0.15) is 0 Å². The maximum Gasteiger partial charge on any atom is 0.409 e. The number of rotatable bonds is 4. The Labute approximate surface area is 166 Å². The zero-order valence-electron chi connectivity index (χ0n) is 16.7. The van der Waals surface area contributed by atoms with Gasteiger partial charge in [-0.15, -0.1) is 0 Å². The van der Waals surface area contributed by atoms with Crippen molar-refractivity contribution in [1.82, 2.24) is 14.7 Å². The highest BCUT2D eigenvalue weighted by atomic mass is 16.6.